The van der Waals surface area contributed by atoms with E-state index in [1.165, 1.54) is 0 Å². The molecular formula is C19H41NO5P. The van der Waals surface area contributed by atoms with Crippen LogP contribution in [0.1, 0.15) is 119 Å². The molecule has 0 saturated carbocycles. The fourth-order valence-corrected chi connectivity index (χ4v) is 1.19. The highest BCUT2D eigenvalue weighted by Gasteiger charge is 2.13. The van der Waals surface area contributed by atoms with Crippen molar-refractivity contribution in [1.29, 1.82) is 0 Å². The first-order valence-electron chi connectivity index (χ1n) is 23.8. The SMILES string of the molecule is [2H]C([2H])C([2H])([2H])C([2H])([2H])C([2H])([2H])C([2H])([2H])C([2H])([2H])C([2H])([2H])C([2H])([2H])C([2H])([2H])C([2H])([2H])C([2H])([2H])CO[CH]COP(=O)([O-])OC([2H])([2H])C([2H])([2H])[N+](C([2H])([2H])[2H])(C([2H])([2H])[2H])C([2H])([2H])[2H]. The van der Waals surface area contributed by atoms with Gasteiger partial charge in [0.15, 0.2) is 0 Å². The molecule has 26 heavy (non-hydrogen) atoms. The zero-order valence-corrected chi connectivity index (χ0v) is 13.9. The Kier molecular flexibility index (Phi) is 2.79. The summed E-state index contributed by atoms with van der Waals surface area (Å²) in [5.41, 5.74) is 0. The molecule has 157 valence electrons. The molecule has 1 unspecified atom stereocenters. The molecule has 0 aromatic carbocycles. The van der Waals surface area contributed by atoms with Gasteiger partial charge >= 0.3 is 0 Å². The van der Waals surface area contributed by atoms with Gasteiger partial charge in [0.25, 0.3) is 7.82 Å². The summed E-state index contributed by atoms with van der Waals surface area (Å²) >= 11 is 0. The zero-order chi connectivity index (χ0) is 50.3. The molecule has 0 saturated heterocycles. The van der Waals surface area contributed by atoms with Crippen LogP contribution in [0.25, 0.3) is 0 Å². The first-order valence-corrected chi connectivity index (χ1v) is 7.65. The van der Waals surface area contributed by atoms with Crippen LogP contribution in [0, 0.1) is 6.61 Å². The van der Waals surface area contributed by atoms with Gasteiger partial charge < -0.3 is 23.2 Å². The van der Waals surface area contributed by atoms with Gasteiger partial charge in [0.05, 0.1) is 45.4 Å². The monoisotopic (exact) mass is 429 g/mol. The Morgan fingerprint density at radius 2 is 1.62 bits per heavy atom. The van der Waals surface area contributed by atoms with Crippen molar-refractivity contribution in [2.75, 3.05) is 47.2 Å². The maximum absolute atomic E-state index is 12.4. The van der Waals surface area contributed by atoms with Gasteiger partial charge in [-0.05, 0) is 6.37 Å². The van der Waals surface area contributed by atoms with Crippen molar-refractivity contribution in [3.63, 3.8) is 0 Å². The lowest BCUT2D eigenvalue weighted by Gasteiger charge is -2.27. The lowest BCUT2D eigenvalue weighted by molar-refractivity contribution is -0.870. The van der Waals surface area contributed by atoms with Gasteiger partial charge in [-0.2, -0.15) is 0 Å². The zero-order valence-electron chi connectivity index (χ0n) is 48.0. The molecule has 0 aliphatic heterocycles. The largest absolute Gasteiger partial charge is 0.756 e. The Labute approximate surface area is 210 Å². The first-order chi connectivity index (χ1) is 25.9. The second-order valence-corrected chi connectivity index (χ2v) is 4.85. The van der Waals surface area contributed by atoms with Crippen LogP contribution in [0.5, 0.6) is 0 Å². The van der Waals surface area contributed by atoms with Crippen LogP contribution in [-0.4, -0.2) is 51.7 Å². The Hall–Kier alpha value is 0.0300. The topological polar surface area (TPSA) is 67.8 Å². The molecule has 0 rings (SSSR count). The maximum atomic E-state index is 12.4. The molecule has 0 aliphatic carbocycles. The summed E-state index contributed by atoms with van der Waals surface area (Å²) in [6.07, 6.45) is -45.6. The van der Waals surface area contributed by atoms with E-state index in [0.29, 0.717) is 0 Å². The van der Waals surface area contributed by atoms with Gasteiger partial charge in [0, 0.05) is 36.8 Å². The van der Waals surface area contributed by atoms with Crippen LogP contribution in [-0.2, 0) is 18.3 Å². The summed E-state index contributed by atoms with van der Waals surface area (Å²) in [7, 11) is -6.40. The molecule has 0 aromatic rings. The second-order valence-electron chi connectivity index (χ2n) is 3.52. The fraction of sp³-hybridized carbons (Fsp3) is 0.947. The molecule has 0 amide bonds. The number of rotatable bonds is 19. The van der Waals surface area contributed by atoms with Crippen LogP contribution >= 0.6 is 7.82 Å². The van der Waals surface area contributed by atoms with E-state index in [2.05, 4.69) is 13.8 Å². The number of hydrogen-bond acceptors (Lipinski definition) is 5. The van der Waals surface area contributed by atoms with Crippen molar-refractivity contribution in [2.45, 2.75) is 70.6 Å². The maximum Gasteiger partial charge on any atom is 0.268 e. The fourth-order valence-electron chi connectivity index (χ4n) is 0.745. The quantitative estimate of drug-likeness (QED) is 0.174. The summed E-state index contributed by atoms with van der Waals surface area (Å²) < 4.78 is 296. The first kappa shape index (κ1) is 4.53. The lowest BCUT2D eigenvalue weighted by Crippen LogP contribution is -2.37. The van der Waals surface area contributed by atoms with Gasteiger partial charge in [0.1, 0.15) is 19.7 Å². The minimum atomic E-state index is -6.40. The number of likely N-dealkylation sites (N-methyl/N-ethyl adjacent to an activating group) is 1. The molecule has 0 heterocycles. The molecule has 1 atom stereocenters. The van der Waals surface area contributed by atoms with Gasteiger partial charge in [0.2, 0.25) is 0 Å². The summed E-state index contributed by atoms with van der Waals surface area (Å²) in [6, 6.07) is 0. The third-order valence-corrected chi connectivity index (χ3v) is 2.32. The van der Waals surface area contributed by atoms with Crippen molar-refractivity contribution in [1.82, 2.24) is 0 Å². The van der Waals surface area contributed by atoms with E-state index in [4.69, 9.17) is 48.0 Å². The predicted molar refractivity (Wildman–Crippen MR) is 105 cm³/mol. The average molecular weight is 430 g/mol. The highest BCUT2D eigenvalue weighted by Crippen LogP contribution is 2.38. The minimum Gasteiger partial charge on any atom is -0.756 e. The molecule has 0 bridgehead atoms. The Balaban J connectivity index is 6.55. The molecule has 7 heteroatoms. The molecule has 0 spiro atoms. The second kappa shape index (κ2) is 16.0. The van der Waals surface area contributed by atoms with Crippen LogP contribution in [0.15, 0.2) is 0 Å². The number of phosphoric acid groups is 1. The number of phosphoric ester groups is 1. The predicted octanol–water partition coefficient (Wildman–Crippen LogP) is 4.29. The number of nitrogens with zero attached hydrogens (tertiary/aromatic N) is 1. The van der Waals surface area contributed by atoms with E-state index in [9.17, 15) is 9.46 Å². The van der Waals surface area contributed by atoms with E-state index in [1.807, 2.05) is 0 Å². The Morgan fingerprint density at radius 1 is 1.00 bits per heavy atom. The smallest absolute Gasteiger partial charge is 0.268 e. The molecule has 1 radical (unpaired) electrons. The van der Waals surface area contributed by atoms with Gasteiger partial charge in [-0.3, -0.25) is 4.57 Å². The summed E-state index contributed by atoms with van der Waals surface area (Å²) in [5.74, 6) is 0. The highest BCUT2D eigenvalue weighted by atomic mass is 31.2. The van der Waals surface area contributed by atoms with Crippen LogP contribution in [0.2, 0.25) is 0 Å². The van der Waals surface area contributed by atoms with E-state index in [1.54, 1.807) is 0 Å². The van der Waals surface area contributed by atoms with Gasteiger partial charge in [-0.25, -0.2) is 0 Å². The standard InChI is InChI=1S/C19H41NO5P/c1-5-6-7-8-9-10-11-12-13-14-16-23-18-19-25-26(21,22)24-17-15-20(2,3)4/h18H,5-17,19H2,1-4H3/i1D2,2D3,3D3,4D3,5D2,6D2,7D2,8D2,9D2,10D2,11D2,12D2,13D2,14D2,15D2,17D2. The molecule has 0 aliphatic rings. The summed E-state index contributed by atoms with van der Waals surface area (Å²) in [4.78, 5) is 12.4. The molecule has 0 fully saturated rings. The minimum absolute atomic E-state index is 0.0588. The third kappa shape index (κ3) is 20.3. The van der Waals surface area contributed by atoms with Crippen LogP contribution in [0.4, 0.5) is 0 Å². The van der Waals surface area contributed by atoms with E-state index >= 15 is 0 Å². The molecular weight excluding hydrogens is 353 g/mol. The molecule has 6 nitrogen and oxygen atoms in total. The number of quaternary nitrogens is 1. The lowest BCUT2D eigenvalue weighted by atomic mass is 10.1. The number of hydrogen-bond donors (Lipinski definition) is 0. The summed E-state index contributed by atoms with van der Waals surface area (Å²) in [5, 5.41) is 0. The summed E-state index contributed by atoms with van der Waals surface area (Å²) in [6.45, 7) is -29.3. The van der Waals surface area contributed by atoms with Crippen LogP contribution < -0.4 is 4.89 Å². The average Bonchev–Trinajstić information content (AvgIpc) is 2.96. The van der Waals surface area contributed by atoms with E-state index in [-0.39, 0.29) is 6.61 Å². The molecule has 0 aromatic heterocycles. The van der Waals surface area contributed by atoms with Crippen LogP contribution in [0.3, 0.4) is 0 Å². The Bertz CT molecular complexity index is 1540. The van der Waals surface area contributed by atoms with E-state index in [0.717, 1.165) is 0 Å². The normalized spacial score (nSPS) is 42.6. The van der Waals surface area contributed by atoms with E-state index < -0.39 is 130 Å². The van der Waals surface area contributed by atoms with Gasteiger partial charge in [-0.15, -0.1) is 0 Å². The van der Waals surface area contributed by atoms with Crippen molar-refractivity contribution >= 4 is 7.82 Å². The van der Waals surface area contributed by atoms with Crippen molar-refractivity contribution in [3.05, 3.63) is 6.61 Å². The Morgan fingerprint density at radius 3 is 2.23 bits per heavy atom. The van der Waals surface area contributed by atoms with Gasteiger partial charge in [-0.1, -0.05) is 64.2 Å². The number of ether oxygens (including phenoxy) is 1. The molecule has 0 N–H and O–H groups in total. The third-order valence-electron chi connectivity index (χ3n) is 1.54. The van der Waals surface area contributed by atoms with Crippen molar-refractivity contribution in [3.8, 4) is 0 Å². The highest BCUT2D eigenvalue weighted by molar-refractivity contribution is 7.45. The van der Waals surface area contributed by atoms with Crippen molar-refractivity contribution in [2.24, 2.45) is 0 Å². The van der Waals surface area contributed by atoms with Crippen molar-refractivity contribution < 1.29 is 75.7 Å².